The smallest absolute Gasteiger partial charge is 0.316 e. The Bertz CT molecular complexity index is 285. The van der Waals surface area contributed by atoms with Crippen LogP contribution in [-0.4, -0.2) is 11.6 Å². The Morgan fingerprint density at radius 3 is 2.57 bits per heavy atom. The minimum atomic E-state index is -0.361. The number of carbonyl (C=O) groups is 1. The molecule has 2 bridgehead atoms. The molecule has 2 rings (SSSR count). The largest absolute Gasteiger partial charge is 0.459 e. The molecule has 1 saturated carbocycles. The first-order chi connectivity index (χ1) is 6.41. The molecule has 0 N–H and O–H groups in total. The van der Waals surface area contributed by atoms with Gasteiger partial charge in [0.05, 0.1) is 5.41 Å². The topological polar surface area (TPSA) is 26.3 Å². The molecule has 2 atom stereocenters. The summed E-state index contributed by atoms with van der Waals surface area (Å²) < 4.78 is 5.45. The highest BCUT2D eigenvalue weighted by Gasteiger charge is 2.48. The first kappa shape index (κ1) is 9.75. The summed E-state index contributed by atoms with van der Waals surface area (Å²) in [6.45, 7) is 5.77. The van der Waals surface area contributed by atoms with Crippen LogP contribution in [0.3, 0.4) is 0 Å². The van der Waals surface area contributed by atoms with E-state index < -0.39 is 0 Å². The highest BCUT2D eigenvalue weighted by Crippen LogP contribution is 2.50. The van der Waals surface area contributed by atoms with Crippen LogP contribution in [0.25, 0.3) is 0 Å². The van der Waals surface area contributed by atoms with Gasteiger partial charge in [-0.2, -0.15) is 0 Å². The molecule has 1 fully saturated rings. The lowest BCUT2D eigenvalue weighted by Gasteiger charge is -2.27. The lowest BCUT2D eigenvalue weighted by molar-refractivity contribution is -0.164. The van der Waals surface area contributed by atoms with Gasteiger partial charge in [-0.3, -0.25) is 4.79 Å². The van der Waals surface area contributed by atoms with Crippen LogP contribution in [0.15, 0.2) is 12.2 Å². The molecule has 2 aliphatic rings. The Morgan fingerprint density at radius 1 is 1.50 bits per heavy atom. The van der Waals surface area contributed by atoms with Gasteiger partial charge in [-0.25, -0.2) is 0 Å². The van der Waals surface area contributed by atoms with Crippen LogP contribution in [0.1, 0.15) is 40.0 Å². The summed E-state index contributed by atoms with van der Waals surface area (Å²) in [7, 11) is 0. The molecule has 0 spiro atoms. The monoisotopic (exact) mass is 194 g/mol. The Hall–Kier alpha value is -0.790. The number of esters is 1. The number of hydrogen-bond acceptors (Lipinski definition) is 2. The van der Waals surface area contributed by atoms with Crippen LogP contribution in [0.5, 0.6) is 0 Å². The van der Waals surface area contributed by atoms with Gasteiger partial charge in [0, 0.05) is 0 Å². The molecule has 78 valence electrons. The van der Waals surface area contributed by atoms with Crippen LogP contribution in [0.4, 0.5) is 0 Å². The van der Waals surface area contributed by atoms with Gasteiger partial charge >= 0.3 is 5.97 Å². The summed E-state index contributed by atoms with van der Waals surface area (Å²) in [4.78, 5) is 12.0. The molecule has 2 heteroatoms. The molecule has 0 aliphatic heterocycles. The Balaban J connectivity index is 2.09. The molecule has 0 radical (unpaired) electrons. The first-order valence-electron chi connectivity index (χ1n) is 5.34. The van der Waals surface area contributed by atoms with Crippen LogP contribution >= 0.6 is 0 Å². The third kappa shape index (κ3) is 1.58. The van der Waals surface area contributed by atoms with Gasteiger partial charge in [0.25, 0.3) is 0 Å². The number of allylic oxidation sites excluding steroid dienone is 1. The van der Waals surface area contributed by atoms with Crippen molar-refractivity contribution >= 4 is 5.97 Å². The van der Waals surface area contributed by atoms with Crippen molar-refractivity contribution in [3.63, 3.8) is 0 Å². The number of fused-ring (bicyclic) bond motifs is 2. The van der Waals surface area contributed by atoms with Crippen LogP contribution in [-0.2, 0) is 9.53 Å². The summed E-state index contributed by atoms with van der Waals surface area (Å²) >= 11 is 0. The second-order valence-corrected chi connectivity index (χ2v) is 5.52. The summed E-state index contributed by atoms with van der Waals surface area (Å²) in [5.74, 6) is 0.601. The van der Waals surface area contributed by atoms with Crippen molar-refractivity contribution in [2.24, 2.45) is 11.3 Å². The number of carbonyl (C=O) groups excluding carboxylic acids is 1. The fourth-order valence-corrected chi connectivity index (χ4v) is 2.38. The third-order valence-electron chi connectivity index (χ3n) is 3.08. The van der Waals surface area contributed by atoms with Gasteiger partial charge in [0.1, 0.15) is 5.60 Å². The molecule has 14 heavy (non-hydrogen) atoms. The third-order valence-corrected chi connectivity index (χ3v) is 3.08. The minimum absolute atomic E-state index is 0.0266. The van der Waals surface area contributed by atoms with E-state index in [1.54, 1.807) is 0 Å². The summed E-state index contributed by atoms with van der Waals surface area (Å²) in [5, 5.41) is 0. The van der Waals surface area contributed by atoms with Crippen molar-refractivity contribution in [2.45, 2.75) is 45.6 Å². The maximum Gasteiger partial charge on any atom is 0.316 e. The van der Waals surface area contributed by atoms with Crippen LogP contribution in [0, 0.1) is 11.3 Å². The molecule has 0 heterocycles. The molecule has 0 aromatic rings. The highest BCUT2D eigenvalue weighted by atomic mass is 16.6. The Morgan fingerprint density at radius 2 is 2.21 bits per heavy atom. The van der Waals surface area contributed by atoms with E-state index in [9.17, 15) is 4.79 Å². The Labute approximate surface area is 85.3 Å². The average Bonchev–Trinajstić information content (AvgIpc) is 2.60. The molecule has 0 amide bonds. The van der Waals surface area contributed by atoms with Crippen molar-refractivity contribution < 1.29 is 9.53 Å². The van der Waals surface area contributed by atoms with Crippen molar-refractivity contribution in [3.8, 4) is 0 Å². The molecule has 2 aliphatic carbocycles. The lowest BCUT2D eigenvalue weighted by atomic mass is 9.88. The van der Waals surface area contributed by atoms with Crippen molar-refractivity contribution in [1.29, 1.82) is 0 Å². The molecule has 0 aromatic carbocycles. The van der Waals surface area contributed by atoms with E-state index >= 15 is 0 Å². The van der Waals surface area contributed by atoms with E-state index in [4.69, 9.17) is 4.74 Å². The Kier molecular flexibility index (Phi) is 1.98. The summed E-state index contributed by atoms with van der Waals surface area (Å²) in [6.07, 6.45) is 7.34. The van der Waals surface area contributed by atoms with E-state index in [0.717, 1.165) is 19.3 Å². The maximum absolute atomic E-state index is 12.0. The molecule has 0 aromatic heterocycles. The summed E-state index contributed by atoms with van der Waals surface area (Å²) in [5.41, 5.74) is -0.627. The highest BCUT2D eigenvalue weighted by molar-refractivity contribution is 5.80. The van der Waals surface area contributed by atoms with Crippen LogP contribution < -0.4 is 0 Å². The molecule has 2 unspecified atom stereocenters. The zero-order chi connectivity index (χ0) is 10.4. The SMILES string of the molecule is CC(C)(C)OC(=O)C12C=CC(CC1)C2. The van der Waals surface area contributed by atoms with E-state index in [-0.39, 0.29) is 17.0 Å². The second kappa shape index (κ2) is 2.85. The summed E-state index contributed by atoms with van der Waals surface area (Å²) in [6, 6.07) is 0. The van der Waals surface area contributed by atoms with Gasteiger partial charge < -0.3 is 4.74 Å². The zero-order valence-corrected chi connectivity index (χ0v) is 9.17. The van der Waals surface area contributed by atoms with E-state index in [0.29, 0.717) is 5.92 Å². The average molecular weight is 194 g/mol. The van der Waals surface area contributed by atoms with Gasteiger partial charge in [0.15, 0.2) is 0 Å². The normalized spacial score (nSPS) is 34.9. The van der Waals surface area contributed by atoms with E-state index in [2.05, 4.69) is 12.2 Å². The standard InChI is InChI=1S/C12H18O2/c1-11(2,3)14-10(13)12-6-4-9(8-12)5-7-12/h4,6,9H,5,7-8H2,1-3H3. The fraction of sp³-hybridized carbons (Fsp3) is 0.750. The number of ether oxygens (including phenoxy) is 1. The van der Waals surface area contributed by atoms with Gasteiger partial charge in [0.2, 0.25) is 0 Å². The minimum Gasteiger partial charge on any atom is -0.459 e. The van der Waals surface area contributed by atoms with Gasteiger partial charge in [-0.1, -0.05) is 12.2 Å². The van der Waals surface area contributed by atoms with Gasteiger partial charge in [-0.15, -0.1) is 0 Å². The molecular formula is C12H18O2. The number of rotatable bonds is 1. The fourth-order valence-electron chi connectivity index (χ4n) is 2.38. The predicted molar refractivity (Wildman–Crippen MR) is 54.8 cm³/mol. The van der Waals surface area contributed by atoms with E-state index in [1.807, 2.05) is 20.8 Å². The van der Waals surface area contributed by atoms with Gasteiger partial charge in [-0.05, 0) is 46.0 Å². The quantitative estimate of drug-likeness (QED) is 0.474. The molecular weight excluding hydrogens is 176 g/mol. The second-order valence-electron chi connectivity index (χ2n) is 5.52. The molecule has 0 saturated heterocycles. The predicted octanol–water partition coefficient (Wildman–Crippen LogP) is 2.68. The van der Waals surface area contributed by atoms with Crippen molar-refractivity contribution in [2.75, 3.05) is 0 Å². The molecule has 2 nitrogen and oxygen atoms in total. The maximum atomic E-state index is 12.0. The first-order valence-corrected chi connectivity index (χ1v) is 5.34. The van der Waals surface area contributed by atoms with Crippen LogP contribution in [0.2, 0.25) is 0 Å². The van der Waals surface area contributed by atoms with Crippen molar-refractivity contribution in [3.05, 3.63) is 12.2 Å². The van der Waals surface area contributed by atoms with E-state index in [1.165, 1.54) is 0 Å². The number of hydrogen-bond donors (Lipinski definition) is 0. The zero-order valence-electron chi connectivity index (χ0n) is 9.17. The van der Waals surface area contributed by atoms with Crippen molar-refractivity contribution in [1.82, 2.24) is 0 Å². The lowest BCUT2D eigenvalue weighted by Crippen LogP contribution is -2.34.